The number of para-hydroxylation sites is 2. The van der Waals surface area contributed by atoms with E-state index in [0.717, 1.165) is 86.1 Å². The third kappa shape index (κ3) is 7.10. The Bertz CT molecular complexity index is 2240. The number of benzene rings is 3. The predicted octanol–water partition coefficient (Wildman–Crippen LogP) is 6.66. The SMILES string of the molecule is COc1ccc(-n2cnnn2)cc1C(=O)N1CCC(CCN2CCCN(c3nc4ccccc4n3Cc3ccc(C)o3)CC2)(c2ccc(Cl)c(Cl)c2)C1. The van der Waals surface area contributed by atoms with Gasteiger partial charge in [-0.2, -0.15) is 0 Å². The van der Waals surface area contributed by atoms with E-state index in [1.165, 1.54) is 11.0 Å². The van der Waals surface area contributed by atoms with Crippen LogP contribution in [0.15, 0.2) is 83.5 Å². The van der Waals surface area contributed by atoms with E-state index in [1.54, 1.807) is 19.2 Å². The molecule has 0 saturated carbocycles. The minimum absolute atomic E-state index is 0.100. The molecule has 0 bridgehead atoms. The highest BCUT2D eigenvalue weighted by molar-refractivity contribution is 6.42. The van der Waals surface area contributed by atoms with Gasteiger partial charge in [0.15, 0.2) is 0 Å². The Balaban J connectivity index is 1.01. The highest BCUT2D eigenvalue weighted by atomic mass is 35.5. The summed E-state index contributed by atoms with van der Waals surface area (Å²) in [6.45, 7) is 8.22. The lowest BCUT2D eigenvalue weighted by Gasteiger charge is -2.33. The smallest absolute Gasteiger partial charge is 0.257 e. The van der Waals surface area contributed by atoms with Gasteiger partial charge in [0, 0.05) is 38.1 Å². The number of ether oxygens (including phenoxy) is 1. The van der Waals surface area contributed by atoms with E-state index in [2.05, 4.69) is 54.2 Å². The molecule has 0 radical (unpaired) electrons. The van der Waals surface area contributed by atoms with E-state index < -0.39 is 0 Å². The first-order valence-corrected chi connectivity index (χ1v) is 18.7. The molecule has 1 amide bonds. The number of fused-ring (bicyclic) bond motifs is 1. The number of hydrogen-bond acceptors (Lipinski definition) is 9. The number of furan rings is 1. The number of tetrazole rings is 1. The van der Waals surface area contributed by atoms with Gasteiger partial charge >= 0.3 is 0 Å². The summed E-state index contributed by atoms with van der Waals surface area (Å²) in [6.07, 6.45) is 4.15. The van der Waals surface area contributed by atoms with Crippen molar-refractivity contribution in [3.63, 3.8) is 0 Å². The van der Waals surface area contributed by atoms with Crippen molar-refractivity contribution in [3.05, 3.63) is 112 Å². The standard InChI is InChI=1S/C39H41Cl2N9O3/c1-27-8-11-30(53-27)24-49-35-7-4-3-6-34(35)43-38(49)47-17-5-16-46(20-21-47)18-14-39(28-9-12-32(40)33(41)22-28)15-19-48(25-39)37(51)31-23-29(10-13-36(31)52-2)50-26-42-44-45-50/h3-4,6-13,22-23,26H,5,14-21,24-25H2,1-2H3. The molecule has 2 aliphatic heterocycles. The van der Waals surface area contributed by atoms with Crippen molar-refractivity contribution < 1.29 is 13.9 Å². The molecule has 1 atom stereocenters. The molecular weight excluding hydrogens is 713 g/mol. The van der Waals surface area contributed by atoms with Crippen molar-refractivity contribution >= 4 is 46.1 Å². The molecule has 14 heteroatoms. The average Bonchev–Trinajstić information content (AvgIpc) is 3.98. The molecule has 8 rings (SSSR count). The summed E-state index contributed by atoms with van der Waals surface area (Å²) in [7, 11) is 1.57. The molecule has 2 saturated heterocycles. The molecule has 5 heterocycles. The number of hydrogen-bond donors (Lipinski definition) is 0. The lowest BCUT2D eigenvalue weighted by atomic mass is 9.76. The monoisotopic (exact) mass is 753 g/mol. The van der Waals surface area contributed by atoms with Crippen molar-refractivity contribution in [2.75, 3.05) is 57.8 Å². The van der Waals surface area contributed by atoms with Crippen LogP contribution in [0.4, 0.5) is 5.95 Å². The molecule has 274 valence electrons. The highest BCUT2D eigenvalue weighted by Gasteiger charge is 2.42. The zero-order valence-corrected chi connectivity index (χ0v) is 31.3. The molecule has 0 spiro atoms. The van der Waals surface area contributed by atoms with E-state index >= 15 is 0 Å². The van der Waals surface area contributed by atoms with Gasteiger partial charge in [0.25, 0.3) is 5.91 Å². The van der Waals surface area contributed by atoms with Gasteiger partial charge in [-0.1, -0.05) is 41.4 Å². The van der Waals surface area contributed by atoms with Gasteiger partial charge in [0.2, 0.25) is 5.95 Å². The van der Waals surface area contributed by atoms with E-state index in [4.69, 9.17) is 37.3 Å². The summed E-state index contributed by atoms with van der Waals surface area (Å²) in [5.74, 6) is 3.19. The van der Waals surface area contributed by atoms with Gasteiger partial charge in [-0.15, -0.1) is 5.10 Å². The van der Waals surface area contributed by atoms with E-state index in [9.17, 15) is 4.79 Å². The zero-order valence-electron chi connectivity index (χ0n) is 29.8. The number of carbonyl (C=O) groups excluding carboxylic acids is 1. The lowest BCUT2D eigenvalue weighted by molar-refractivity contribution is 0.0777. The molecule has 12 nitrogen and oxygen atoms in total. The van der Waals surface area contributed by atoms with Crippen LogP contribution < -0.4 is 9.64 Å². The molecule has 53 heavy (non-hydrogen) atoms. The second kappa shape index (κ2) is 14.8. The van der Waals surface area contributed by atoms with Crippen LogP contribution in [0.3, 0.4) is 0 Å². The summed E-state index contributed by atoms with van der Waals surface area (Å²) < 4.78 is 15.4. The normalized spacial score (nSPS) is 18.2. The Morgan fingerprint density at radius 2 is 1.85 bits per heavy atom. The van der Waals surface area contributed by atoms with Crippen LogP contribution in [0.25, 0.3) is 16.7 Å². The number of nitrogens with zero attached hydrogens (tertiary/aromatic N) is 9. The number of likely N-dealkylation sites (tertiary alicyclic amines) is 1. The van der Waals surface area contributed by atoms with Gasteiger partial charge in [-0.05, 0) is 110 Å². The van der Waals surface area contributed by atoms with Crippen molar-refractivity contribution in [2.45, 2.75) is 38.1 Å². The summed E-state index contributed by atoms with van der Waals surface area (Å²) in [6, 6.07) is 23.7. The van der Waals surface area contributed by atoms with Crippen LogP contribution in [-0.4, -0.2) is 98.4 Å². The molecule has 2 fully saturated rings. The first kappa shape index (κ1) is 35.1. The first-order valence-electron chi connectivity index (χ1n) is 17.9. The Morgan fingerprint density at radius 3 is 2.64 bits per heavy atom. The molecular formula is C39H41Cl2N9O3. The highest BCUT2D eigenvalue weighted by Crippen LogP contribution is 2.41. The minimum atomic E-state index is -0.314. The van der Waals surface area contributed by atoms with Crippen LogP contribution in [-0.2, 0) is 12.0 Å². The minimum Gasteiger partial charge on any atom is -0.496 e. The number of amides is 1. The molecule has 0 N–H and O–H groups in total. The van der Waals surface area contributed by atoms with Crippen LogP contribution in [0, 0.1) is 6.92 Å². The van der Waals surface area contributed by atoms with Crippen LogP contribution in [0.1, 0.15) is 46.7 Å². The molecule has 2 aliphatic rings. The number of methoxy groups -OCH3 is 1. The van der Waals surface area contributed by atoms with Gasteiger partial charge in [0.1, 0.15) is 23.6 Å². The van der Waals surface area contributed by atoms with Gasteiger partial charge in [-0.25, -0.2) is 9.67 Å². The van der Waals surface area contributed by atoms with Gasteiger partial charge in [-0.3, -0.25) is 4.79 Å². The maximum absolute atomic E-state index is 14.2. The van der Waals surface area contributed by atoms with Gasteiger partial charge < -0.3 is 28.4 Å². The van der Waals surface area contributed by atoms with Crippen molar-refractivity contribution in [3.8, 4) is 11.4 Å². The molecule has 3 aromatic carbocycles. The van der Waals surface area contributed by atoms with Crippen molar-refractivity contribution in [1.29, 1.82) is 0 Å². The Kier molecular flexibility index (Phi) is 9.84. The number of anilines is 1. The second-order valence-corrected chi connectivity index (χ2v) is 14.8. The van der Waals surface area contributed by atoms with Crippen LogP contribution in [0.2, 0.25) is 10.0 Å². The number of aryl methyl sites for hydroxylation is 1. The van der Waals surface area contributed by atoms with Crippen molar-refractivity contribution in [2.24, 2.45) is 0 Å². The summed E-state index contributed by atoms with van der Waals surface area (Å²) in [4.78, 5) is 26.2. The Morgan fingerprint density at radius 1 is 0.962 bits per heavy atom. The quantitative estimate of drug-likeness (QED) is 0.152. The van der Waals surface area contributed by atoms with E-state index in [-0.39, 0.29) is 11.3 Å². The fourth-order valence-corrected chi connectivity index (χ4v) is 8.16. The van der Waals surface area contributed by atoms with Crippen LogP contribution in [0.5, 0.6) is 5.75 Å². The van der Waals surface area contributed by atoms with Gasteiger partial charge in [0.05, 0.1) is 46.0 Å². The average molecular weight is 755 g/mol. The molecule has 1 unspecified atom stereocenters. The third-order valence-corrected chi connectivity index (χ3v) is 11.5. The maximum Gasteiger partial charge on any atom is 0.257 e. The number of aromatic nitrogens is 6. The largest absolute Gasteiger partial charge is 0.496 e. The third-order valence-electron chi connectivity index (χ3n) is 10.7. The molecule has 3 aromatic heterocycles. The Hall–Kier alpha value is -4.91. The predicted molar refractivity (Wildman–Crippen MR) is 205 cm³/mol. The second-order valence-electron chi connectivity index (χ2n) is 14.0. The number of imidazole rings is 1. The summed E-state index contributed by atoms with van der Waals surface area (Å²) in [5, 5.41) is 12.5. The topological polar surface area (TPSA) is 111 Å². The van der Waals surface area contributed by atoms with E-state index in [1.807, 2.05) is 48.2 Å². The lowest BCUT2D eigenvalue weighted by Crippen LogP contribution is -2.39. The zero-order chi connectivity index (χ0) is 36.5. The van der Waals surface area contributed by atoms with Crippen molar-refractivity contribution in [1.82, 2.24) is 39.6 Å². The first-order chi connectivity index (χ1) is 25.8. The number of halogens is 2. The summed E-state index contributed by atoms with van der Waals surface area (Å²) in [5.41, 5.74) is 4.00. The fraction of sp³-hybridized carbons (Fsp3) is 0.359. The fourth-order valence-electron chi connectivity index (χ4n) is 7.86. The number of carbonyl (C=O) groups is 1. The number of rotatable bonds is 10. The molecule has 0 aliphatic carbocycles. The van der Waals surface area contributed by atoms with Crippen LogP contribution >= 0.6 is 23.2 Å². The summed E-state index contributed by atoms with van der Waals surface area (Å²) >= 11 is 13.0. The maximum atomic E-state index is 14.2. The van der Waals surface area contributed by atoms with E-state index in [0.29, 0.717) is 46.7 Å². The Labute approximate surface area is 317 Å². The molecule has 6 aromatic rings.